The van der Waals surface area contributed by atoms with Crippen molar-refractivity contribution >= 4 is 22.5 Å². The number of carbonyl (C=O) groups excluding carboxylic acids is 1. The van der Waals surface area contributed by atoms with Crippen LogP contribution < -0.4 is 5.32 Å². The molecule has 5 rings (SSSR count). The van der Waals surface area contributed by atoms with Gasteiger partial charge in [0.1, 0.15) is 11.5 Å². The highest BCUT2D eigenvalue weighted by molar-refractivity contribution is 5.93. The summed E-state index contributed by atoms with van der Waals surface area (Å²) in [7, 11) is 3.07. The maximum atomic E-state index is 15.5. The number of carbonyl (C=O) groups is 1. The molecule has 4 heterocycles. The van der Waals surface area contributed by atoms with Gasteiger partial charge >= 0.3 is 5.92 Å². The van der Waals surface area contributed by atoms with Gasteiger partial charge in [0.05, 0.1) is 27.7 Å². The van der Waals surface area contributed by atoms with Gasteiger partial charge in [0, 0.05) is 26.5 Å². The highest BCUT2D eigenvalue weighted by Gasteiger charge is 2.43. The van der Waals surface area contributed by atoms with Crippen LogP contribution in [0.25, 0.3) is 27.9 Å². The zero-order valence-corrected chi connectivity index (χ0v) is 17.3. The molecule has 0 aliphatic heterocycles. The fourth-order valence-corrected chi connectivity index (χ4v) is 3.49. The van der Waals surface area contributed by atoms with Crippen LogP contribution in [0.1, 0.15) is 21.7 Å². The minimum Gasteiger partial charge on any atom is -0.355 e. The Morgan fingerprint density at radius 3 is 2.55 bits per heavy atom. The van der Waals surface area contributed by atoms with Crippen molar-refractivity contribution in [2.75, 3.05) is 7.05 Å². The van der Waals surface area contributed by atoms with Crippen LogP contribution in [0.15, 0.2) is 48.8 Å². The van der Waals surface area contributed by atoms with Crippen LogP contribution >= 0.6 is 0 Å². The Morgan fingerprint density at radius 2 is 1.82 bits per heavy atom. The summed E-state index contributed by atoms with van der Waals surface area (Å²) in [6.07, 6.45) is 2.68. The number of hydrogen-bond donors (Lipinski definition) is 1. The van der Waals surface area contributed by atoms with Crippen LogP contribution in [0.5, 0.6) is 0 Å². The summed E-state index contributed by atoms with van der Waals surface area (Å²) in [6, 6.07) is 8.36. The van der Waals surface area contributed by atoms with E-state index in [9.17, 15) is 9.18 Å². The lowest BCUT2D eigenvalue weighted by atomic mass is 10.0. The van der Waals surface area contributed by atoms with Gasteiger partial charge in [-0.05, 0) is 36.4 Å². The van der Waals surface area contributed by atoms with E-state index in [0.29, 0.717) is 11.3 Å². The molecule has 0 atom stereocenters. The summed E-state index contributed by atoms with van der Waals surface area (Å²) >= 11 is 0. The molecule has 1 aromatic carbocycles. The second kappa shape index (κ2) is 7.36. The number of benzene rings is 1. The Bertz CT molecular complexity index is 1520. The van der Waals surface area contributed by atoms with E-state index in [1.54, 1.807) is 7.05 Å². The van der Waals surface area contributed by atoms with Crippen LogP contribution in [0, 0.1) is 5.82 Å². The minimum atomic E-state index is -3.84. The van der Waals surface area contributed by atoms with Crippen molar-refractivity contribution in [1.82, 2.24) is 39.9 Å². The number of alkyl halides is 2. The first-order valence-corrected chi connectivity index (χ1v) is 9.71. The highest BCUT2D eigenvalue weighted by atomic mass is 19.3. The molecule has 0 aliphatic carbocycles. The Morgan fingerprint density at radius 1 is 1.03 bits per heavy atom. The minimum absolute atomic E-state index is 0.0300. The van der Waals surface area contributed by atoms with Crippen molar-refractivity contribution in [3.63, 3.8) is 0 Å². The maximum Gasteiger partial charge on any atom is 0.336 e. The zero-order chi connectivity index (χ0) is 23.3. The third kappa shape index (κ3) is 3.26. The topological polar surface area (TPSA) is 103 Å². The fraction of sp³-hybridized carbons (Fsp3) is 0.143. The van der Waals surface area contributed by atoms with Crippen molar-refractivity contribution in [3.05, 3.63) is 71.6 Å². The Kier molecular flexibility index (Phi) is 4.58. The quantitative estimate of drug-likeness (QED) is 0.450. The smallest absolute Gasteiger partial charge is 0.336 e. The lowest BCUT2D eigenvalue weighted by molar-refractivity contribution is 0.0271. The van der Waals surface area contributed by atoms with Crippen molar-refractivity contribution in [2.45, 2.75) is 5.92 Å². The number of aryl methyl sites for hydroxylation is 1. The Hall–Kier alpha value is -4.35. The number of aromatic nitrogens is 7. The summed E-state index contributed by atoms with van der Waals surface area (Å²) in [5.41, 5.74) is 0.366. The molecule has 1 N–H and O–H groups in total. The maximum absolute atomic E-state index is 15.5. The summed E-state index contributed by atoms with van der Waals surface area (Å²) in [5, 5.41) is 18.0. The third-order valence-electron chi connectivity index (χ3n) is 5.14. The number of rotatable bonds is 4. The van der Waals surface area contributed by atoms with Gasteiger partial charge in [-0.2, -0.15) is 23.5 Å². The zero-order valence-electron chi connectivity index (χ0n) is 17.3. The average molecular weight is 452 g/mol. The van der Waals surface area contributed by atoms with E-state index in [1.807, 2.05) is 0 Å². The number of amides is 1. The van der Waals surface area contributed by atoms with Crippen molar-refractivity contribution in [1.29, 1.82) is 0 Å². The second-order valence-electron chi connectivity index (χ2n) is 7.26. The number of nitrogens with one attached hydrogen (secondary N) is 1. The Labute approximate surface area is 183 Å². The lowest BCUT2D eigenvalue weighted by Gasteiger charge is -2.15. The van der Waals surface area contributed by atoms with E-state index in [1.165, 1.54) is 54.5 Å². The molecule has 0 radical (unpaired) electrons. The van der Waals surface area contributed by atoms with Crippen molar-refractivity contribution in [3.8, 4) is 11.4 Å². The first-order valence-electron chi connectivity index (χ1n) is 9.71. The molecule has 0 bridgehead atoms. The van der Waals surface area contributed by atoms with Gasteiger partial charge in [-0.3, -0.25) is 14.5 Å². The third-order valence-corrected chi connectivity index (χ3v) is 5.14. The van der Waals surface area contributed by atoms with Crippen molar-refractivity contribution < 1.29 is 18.0 Å². The summed E-state index contributed by atoms with van der Waals surface area (Å²) in [5.74, 6) is -6.09. The molecule has 1 amide bonds. The number of nitrogens with zero attached hydrogens (tertiary/aromatic N) is 7. The fourth-order valence-electron chi connectivity index (χ4n) is 3.49. The molecule has 0 spiro atoms. The Balaban J connectivity index is 1.60. The molecule has 0 saturated carbocycles. The second-order valence-corrected chi connectivity index (χ2v) is 7.26. The molecule has 0 unspecified atom stereocenters. The molecule has 0 aliphatic rings. The monoisotopic (exact) mass is 452 g/mol. The number of fused-ring (bicyclic) bond motifs is 2. The largest absolute Gasteiger partial charge is 0.355 e. The molecule has 9 nitrogen and oxygen atoms in total. The molecule has 0 fully saturated rings. The van der Waals surface area contributed by atoms with Gasteiger partial charge in [0.15, 0.2) is 5.65 Å². The molecular formula is C21H15F3N8O. The SMILES string of the molecule is CNC(=O)c1ccc(-c2ccc3nnc(C(F)(F)c4ccc5nn(C)cc5c4F)n3n2)nc1. The number of halogens is 3. The van der Waals surface area contributed by atoms with Crippen molar-refractivity contribution in [2.24, 2.45) is 7.05 Å². The van der Waals surface area contributed by atoms with Crippen LogP contribution in [0.3, 0.4) is 0 Å². The molecule has 12 heteroatoms. The van der Waals surface area contributed by atoms with E-state index < -0.39 is 23.1 Å². The number of pyridine rings is 1. The molecular weight excluding hydrogens is 437 g/mol. The molecule has 5 aromatic rings. The van der Waals surface area contributed by atoms with Crippen LogP contribution in [0.4, 0.5) is 13.2 Å². The molecule has 4 aromatic heterocycles. The standard InChI is InChI=1S/C21H15F3N8O/c1-25-19(33)11-3-5-15(26-9-11)16-7-8-17-27-28-20(32(17)30-16)21(23,24)13-4-6-14-12(18(13)22)10-31(2)29-14/h3-10H,1-2H3,(H,25,33). The van der Waals surface area contributed by atoms with Gasteiger partial charge in [-0.15, -0.1) is 10.2 Å². The predicted octanol–water partition coefficient (Wildman–Crippen LogP) is 2.71. The number of hydrogen-bond acceptors (Lipinski definition) is 6. The lowest BCUT2D eigenvalue weighted by Crippen LogP contribution is -2.22. The van der Waals surface area contributed by atoms with E-state index in [-0.39, 0.29) is 28.2 Å². The van der Waals surface area contributed by atoms with E-state index >= 15 is 8.78 Å². The van der Waals surface area contributed by atoms with E-state index in [0.717, 1.165) is 10.6 Å². The van der Waals surface area contributed by atoms with Gasteiger partial charge in [0.25, 0.3) is 5.91 Å². The summed E-state index contributed by atoms with van der Waals surface area (Å²) in [4.78, 5) is 15.9. The first kappa shape index (κ1) is 20.5. The van der Waals surface area contributed by atoms with Crippen LogP contribution in [0.2, 0.25) is 0 Å². The van der Waals surface area contributed by atoms with Gasteiger partial charge in [0.2, 0.25) is 5.82 Å². The van der Waals surface area contributed by atoms with E-state index in [2.05, 4.69) is 30.7 Å². The predicted molar refractivity (Wildman–Crippen MR) is 111 cm³/mol. The molecule has 0 saturated heterocycles. The molecule has 166 valence electrons. The van der Waals surface area contributed by atoms with Gasteiger partial charge < -0.3 is 5.32 Å². The highest BCUT2D eigenvalue weighted by Crippen LogP contribution is 2.38. The average Bonchev–Trinajstić information content (AvgIpc) is 3.42. The van der Waals surface area contributed by atoms with Gasteiger partial charge in [-0.1, -0.05) is 0 Å². The molecule has 33 heavy (non-hydrogen) atoms. The van der Waals surface area contributed by atoms with Crippen LogP contribution in [-0.4, -0.2) is 47.5 Å². The van der Waals surface area contributed by atoms with Crippen LogP contribution in [-0.2, 0) is 13.0 Å². The van der Waals surface area contributed by atoms with Gasteiger partial charge in [-0.25, -0.2) is 4.39 Å². The summed E-state index contributed by atoms with van der Waals surface area (Å²) < 4.78 is 48.1. The van der Waals surface area contributed by atoms with E-state index in [4.69, 9.17) is 0 Å². The summed E-state index contributed by atoms with van der Waals surface area (Å²) in [6.45, 7) is 0. The normalized spacial score (nSPS) is 11.9. The first-order chi connectivity index (χ1) is 15.8.